The van der Waals surface area contributed by atoms with Gasteiger partial charge in [0.05, 0.1) is 6.26 Å². The molecule has 1 saturated carbocycles. The third-order valence-corrected chi connectivity index (χ3v) is 5.06. The third-order valence-electron chi connectivity index (χ3n) is 4.33. The molecule has 1 aliphatic heterocycles. The van der Waals surface area contributed by atoms with E-state index >= 15 is 0 Å². The normalized spacial score (nSPS) is 32.6. The molecule has 1 aliphatic carbocycles. The summed E-state index contributed by atoms with van der Waals surface area (Å²) >= 11 is 0. The molecule has 0 aromatic rings. The van der Waals surface area contributed by atoms with Crippen LogP contribution in [0.4, 0.5) is 0 Å². The Morgan fingerprint density at radius 3 is 2.63 bits per heavy atom. The van der Waals surface area contributed by atoms with E-state index in [-0.39, 0.29) is 0 Å². The van der Waals surface area contributed by atoms with Gasteiger partial charge in [0.25, 0.3) is 0 Å². The molecular formula is C13H27N3O2S. The van der Waals surface area contributed by atoms with Crippen LogP contribution in [0, 0.1) is 5.92 Å². The first kappa shape index (κ1) is 15.2. The first-order valence-corrected chi connectivity index (χ1v) is 9.37. The van der Waals surface area contributed by atoms with Crippen molar-refractivity contribution in [1.29, 1.82) is 0 Å². The number of sulfonamides is 1. The molecule has 19 heavy (non-hydrogen) atoms. The van der Waals surface area contributed by atoms with E-state index in [9.17, 15) is 8.42 Å². The van der Waals surface area contributed by atoms with Gasteiger partial charge in [0.2, 0.25) is 10.0 Å². The Hall–Kier alpha value is -0.170. The zero-order valence-electron chi connectivity index (χ0n) is 11.8. The van der Waals surface area contributed by atoms with Crippen molar-refractivity contribution in [2.24, 2.45) is 5.92 Å². The molecular weight excluding hydrogens is 262 g/mol. The molecule has 2 fully saturated rings. The molecule has 112 valence electrons. The van der Waals surface area contributed by atoms with E-state index in [1.807, 2.05) is 0 Å². The Balaban J connectivity index is 1.72. The lowest BCUT2D eigenvalue weighted by molar-refractivity contribution is 0.258. The Morgan fingerprint density at radius 2 is 1.95 bits per heavy atom. The van der Waals surface area contributed by atoms with Crippen molar-refractivity contribution < 1.29 is 8.42 Å². The molecule has 6 heteroatoms. The molecule has 2 rings (SSSR count). The van der Waals surface area contributed by atoms with E-state index in [1.54, 1.807) is 0 Å². The molecule has 0 aromatic heterocycles. The van der Waals surface area contributed by atoms with E-state index in [0.29, 0.717) is 18.6 Å². The summed E-state index contributed by atoms with van der Waals surface area (Å²) in [7, 11) is -3.06. The standard InChI is InChI=1S/C13H27N3O2S/c1-19(17,18)16-10-9-15-13-7-4-5-11(13)12-6-2-3-8-14-12/h11-16H,2-10H2,1H3. The Kier molecular flexibility index (Phi) is 5.62. The summed E-state index contributed by atoms with van der Waals surface area (Å²) in [5, 5.41) is 7.19. The number of piperidine rings is 1. The Labute approximate surface area is 117 Å². The molecule has 0 spiro atoms. The summed E-state index contributed by atoms with van der Waals surface area (Å²) in [6.45, 7) is 2.37. The smallest absolute Gasteiger partial charge is 0.208 e. The summed E-state index contributed by atoms with van der Waals surface area (Å²) in [5.74, 6) is 0.721. The van der Waals surface area contributed by atoms with Gasteiger partial charge in [-0.2, -0.15) is 0 Å². The highest BCUT2D eigenvalue weighted by atomic mass is 32.2. The molecule has 0 radical (unpaired) electrons. The maximum absolute atomic E-state index is 11.0. The van der Waals surface area contributed by atoms with Crippen LogP contribution in [-0.2, 0) is 10.0 Å². The minimum absolute atomic E-state index is 0.486. The summed E-state index contributed by atoms with van der Waals surface area (Å²) in [4.78, 5) is 0. The molecule has 3 unspecified atom stereocenters. The zero-order valence-corrected chi connectivity index (χ0v) is 12.6. The maximum atomic E-state index is 11.0. The largest absolute Gasteiger partial charge is 0.314 e. The van der Waals surface area contributed by atoms with E-state index < -0.39 is 10.0 Å². The average molecular weight is 289 g/mol. The van der Waals surface area contributed by atoms with E-state index in [2.05, 4.69) is 15.4 Å². The van der Waals surface area contributed by atoms with Gasteiger partial charge in [-0.3, -0.25) is 0 Å². The fourth-order valence-corrected chi connectivity index (χ4v) is 3.93. The van der Waals surface area contributed by atoms with E-state index in [0.717, 1.165) is 19.0 Å². The SMILES string of the molecule is CS(=O)(=O)NCCNC1CCCC1C1CCCCN1. The molecule has 1 saturated heterocycles. The van der Waals surface area contributed by atoms with Gasteiger partial charge in [-0.15, -0.1) is 0 Å². The predicted octanol–water partition coefficient (Wildman–Crippen LogP) is 0.436. The third kappa shape index (κ3) is 5.02. The van der Waals surface area contributed by atoms with Crippen LogP contribution in [0.1, 0.15) is 38.5 Å². The minimum atomic E-state index is -3.06. The second-order valence-corrected chi connectivity index (χ2v) is 7.71. The van der Waals surface area contributed by atoms with Crippen molar-refractivity contribution in [3.05, 3.63) is 0 Å². The first-order chi connectivity index (χ1) is 9.06. The van der Waals surface area contributed by atoms with Crippen molar-refractivity contribution in [1.82, 2.24) is 15.4 Å². The number of hydrogen-bond acceptors (Lipinski definition) is 4. The monoisotopic (exact) mass is 289 g/mol. The van der Waals surface area contributed by atoms with Gasteiger partial charge in [-0.1, -0.05) is 12.8 Å². The first-order valence-electron chi connectivity index (χ1n) is 7.48. The highest BCUT2D eigenvalue weighted by molar-refractivity contribution is 7.88. The second kappa shape index (κ2) is 7.02. The number of hydrogen-bond donors (Lipinski definition) is 3. The lowest BCUT2D eigenvalue weighted by Gasteiger charge is -2.33. The van der Waals surface area contributed by atoms with Crippen LogP contribution >= 0.6 is 0 Å². The van der Waals surface area contributed by atoms with Crippen molar-refractivity contribution in [3.63, 3.8) is 0 Å². The van der Waals surface area contributed by atoms with Gasteiger partial charge in [0.15, 0.2) is 0 Å². The molecule has 0 aromatic carbocycles. The van der Waals surface area contributed by atoms with Gasteiger partial charge in [-0.05, 0) is 38.1 Å². The van der Waals surface area contributed by atoms with Gasteiger partial charge in [0.1, 0.15) is 0 Å². The Morgan fingerprint density at radius 1 is 1.11 bits per heavy atom. The summed E-state index contributed by atoms with van der Waals surface area (Å²) in [6.07, 6.45) is 8.97. The van der Waals surface area contributed by atoms with Crippen LogP contribution in [0.5, 0.6) is 0 Å². The molecule has 5 nitrogen and oxygen atoms in total. The van der Waals surface area contributed by atoms with Crippen LogP contribution in [0.25, 0.3) is 0 Å². The lowest BCUT2D eigenvalue weighted by atomic mass is 9.88. The van der Waals surface area contributed by atoms with E-state index in [4.69, 9.17) is 0 Å². The lowest BCUT2D eigenvalue weighted by Crippen LogP contribution is -2.48. The predicted molar refractivity (Wildman–Crippen MR) is 77.6 cm³/mol. The topological polar surface area (TPSA) is 70.2 Å². The highest BCUT2D eigenvalue weighted by Gasteiger charge is 2.33. The van der Waals surface area contributed by atoms with Crippen LogP contribution in [0.3, 0.4) is 0 Å². The molecule has 3 N–H and O–H groups in total. The van der Waals surface area contributed by atoms with Crippen molar-refractivity contribution in [2.45, 2.75) is 50.6 Å². The zero-order chi connectivity index (χ0) is 13.7. The van der Waals surface area contributed by atoms with Gasteiger partial charge in [0, 0.05) is 25.2 Å². The van der Waals surface area contributed by atoms with Gasteiger partial charge >= 0.3 is 0 Å². The van der Waals surface area contributed by atoms with Crippen molar-refractivity contribution in [2.75, 3.05) is 25.9 Å². The van der Waals surface area contributed by atoms with Crippen LogP contribution in [0.15, 0.2) is 0 Å². The summed E-state index contributed by atoms with van der Waals surface area (Å²) in [6, 6.07) is 1.22. The number of nitrogens with one attached hydrogen (secondary N) is 3. The fraction of sp³-hybridized carbons (Fsp3) is 1.00. The summed E-state index contributed by atoms with van der Waals surface area (Å²) < 4.78 is 24.5. The molecule has 2 aliphatic rings. The minimum Gasteiger partial charge on any atom is -0.314 e. The Bertz CT molecular complexity index is 366. The number of rotatable bonds is 6. The van der Waals surface area contributed by atoms with Crippen LogP contribution in [-0.4, -0.2) is 46.4 Å². The van der Waals surface area contributed by atoms with Crippen LogP contribution < -0.4 is 15.4 Å². The van der Waals surface area contributed by atoms with Crippen molar-refractivity contribution >= 4 is 10.0 Å². The highest BCUT2D eigenvalue weighted by Crippen LogP contribution is 2.31. The van der Waals surface area contributed by atoms with Gasteiger partial charge < -0.3 is 10.6 Å². The fourth-order valence-electron chi connectivity index (χ4n) is 3.46. The van der Waals surface area contributed by atoms with Gasteiger partial charge in [-0.25, -0.2) is 13.1 Å². The van der Waals surface area contributed by atoms with Crippen LogP contribution in [0.2, 0.25) is 0 Å². The maximum Gasteiger partial charge on any atom is 0.208 e. The average Bonchev–Trinajstić information content (AvgIpc) is 2.83. The second-order valence-electron chi connectivity index (χ2n) is 5.88. The molecule has 3 atom stereocenters. The quantitative estimate of drug-likeness (QED) is 0.621. The summed E-state index contributed by atoms with van der Waals surface area (Å²) in [5.41, 5.74) is 0. The van der Waals surface area contributed by atoms with E-state index in [1.165, 1.54) is 44.8 Å². The molecule has 0 bridgehead atoms. The molecule has 1 heterocycles. The van der Waals surface area contributed by atoms with Crippen molar-refractivity contribution in [3.8, 4) is 0 Å². The molecule has 0 amide bonds.